The lowest BCUT2D eigenvalue weighted by Crippen LogP contribution is -2.48. The number of anilines is 2. The average molecular weight is 1380 g/mol. The fourth-order valence-electron chi connectivity index (χ4n) is 9.15. The second-order valence-electron chi connectivity index (χ2n) is 17.6. The van der Waals surface area contributed by atoms with Crippen molar-refractivity contribution in [2.24, 2.45) is 0 Å². The molecule has 0 saturated carbocycles. The molecule has 0 atom stereocenters. The molecule has 8 rings (SSSR count). The fourth-order valence-corrected chi connectivity index (χ4v) is 10.9. The van der Waals surface area contributed by atoms with Gasteiger partial charge in [0.25, 0.3) is 11.1 Å². The van der Waals surface area contributed by atoms with Crippen LogP contribution in [0.2, 0.25) is 20.1 Å². The largest absolute Gasteiger partial charge is 0.495 e. The molecule has 2 aliphatic heterocycles. The minimum atomic E-state index is -0.293. The zero-order valence-corrected chi connectivity index (χ0v) is 51.4. The molecule has 0 bridgehead atoms. The summed E-state index contributed by atoms with van der Waals surface area (Å²) in [6.07, 6.45) is 7.63. The number of aromatic nitrogens is 6. The first-order valence-electron chi connectivity index (χ1n) is 24.4. The minimum Gasteiger partial charge on any atom is -0.495 e. The van der Waals surface area contributed by atoms with Gasteiger partial charge in [0.05, 0.1) is 59.7 Å². The summed E-state index contributed by atoms with van der Waals surface area (Å²) in [6, 6.07) is 6.55. The summed E-state index contributed by atoms with van der Waals surface area (Å²) < 4.78 is 26.6. The van der Waals surface area contributed by atoms with Gasteiger partial charge in [0.1, 0.15) is 34.3 Å². The highest BCUT2D eigenvalue weighted by Gasteiger charge is 2.27. The lowest BCUT2D eigenvalue weighted by molar-refractivity contribution is -0.128. The van der Waals surface area contributed by atoms with Crippen LogP contribution in [0.3, 0.4) is 0 Å². The molecule has 0 unspecified atom stereocenters. The average Bonchev–Trinajstić information content (AvgIpc) is 3.53. The number of nitrogens with zero attached hydrogens (tertiary/aromatic N) is 10. The van der Waals surface area contributed by atoms with Crippen molar-refractivity contribution in [1.82, 2.24) is 48.7 Å². The minimum absolute atomic E-state index is 0. The molecule has 2 fully saturated rings. The topological polar surface area (TPSA) is 204 Å². The monoisotopic (exact) mass is 1370 g/mol. The van der Waals surface area contributed by atoms with E-state index in [2.05, 4.69) is 46.9 Å². The van der Waals surface area contributed by atoms with Gasteiger partial charge in [-0.3, -0.25) is 38.1 Å². The molecule has 6 aromatic rings. The Hall–Kier alpha value is -5.22. The molecule has 4 aromatic heterocycles. The van der Waals surface area contributed by atoms with Crippen LogP contribution < -0.4 is 40.7 Å². The highest BCUT2D eigenvalue weighted by atomic mass is 127. The van der Waals surface area contributed by atoms with Gasteiger partial charge in [-0.25, -0.2) is 9.97 Å². The molecular formula is C52H60Cl4I2N12O8. The number of pyridine rings is 2. The molecule has 2 N–H and O–H groups in total. The van der Waals surface area contributed by atoms with Gasteiger partial charge in [-0.05, 0) is 48.2 Å². The van der Waals surface area contributed by atoms with E-state index in [1.807, 2.05) is 27.5 Å². The number of methoxy groups -OCH3 is 4. The number of carbonyl (C=O) groups excluding carboxylic acids is 2. The zero-order valence-electron chi connectivity index (χ0n) is 43.8. The van der Waals surface area contributed by atoms with E-state index in [1.165, 1.54) is 34.5 Å². The fraction of sp³-hybridized carbons (Fsp3) is 0.385. The summed E-state index contributed by atoms with van der Waals surface area (Å²) in [5.74, 6) is 2.15. The Balaban J connectivity index is 0.000000249. The van der Waals surface area contributed by atoms with Crippen molar-refractivity contribution >= 4 is 139 Å². The standard InChI is InChI=1S/C26H29Cl2IN6O4.C26H30Cl2N6O4.HI/c1-30-26-31-15-16-13-17(21-22(27)18(38-2)14-19(39-3)23(21)28)25(37)35(24(16)32-26)8-4-7-33-9-11-34(12-10-33)20(36)5-6-29;1-5-20(35)33-11-9-32(10-12-33)7-6-8-34-24-16(15-30-26(29-2)31-24)13-17(25(34)36)21-22(27)18(37-3)14-19(38-4)23(21)28;/h5-6,13-15H,4,7-12H2,1-3H3,(H,30,31,32);5,13-15H,1,6-12H2,2-4H3,(H,29,30,31);1H/b6-5+;;. The van der Waals surface area contributed by atoms with Crippen molar-refractivity contribution in [1.29, 1.82) is 0 Å². The van der Waals surface area contributed by atoms with E-state index < -0.39 is 0 Å². The number of halogens is 6. The van der Waals surface area contributed by atoms with Crippen molar-refractivity contribution in [2.75, 3.05) is 119 Å². The van der Waals surface area contributed by atoms with E-state index in [9.17, 15) is 19.2 Å². The third-order valence-electron chi connectivity index (χ3n) is 13.2. The third-order valence-corrected chi connectivity index (χ3v) is 15.1. The van der Waals surface area contributed by atoms with Crippen LogP contribution in [0.25, 0.3) is 44.3 Å². The number of fused-ring (bicyclic) bond motifs is 2. The first-order valence-corrected chi connectivity index (χ1v) is 27.2. The Bertz CT molecular complexity index is 3260. The summed E-state index contributed by atoms with van der Waals surface area (Å²) in [4.78, 5) is 77.9. The van der Waals surface area contributed by atoms with Crippen LogP contribution in [0.5, 0.6) is 23.0 Å². The van der Waals surface area contributed by atoms with Gasteiger partial charge in [0.2, 0.25) is 23.7 Å². The normalized spacial score (nSPS) is 13.9. The Labute approximate surface area is 502 Å². The van der Waals surface area contributed by atoms with E-state index in [0.717, 1.165) is 39.3 Å². The number of hydrogen-bond acceptors (Lipinski definition) is 16. The van der Waals surface area contributed by atoms with Gasteiger partial charge in [-0.1, -0.05) is 75.6 Å². The van der Waals surface area contributed by atoms with Crippen molar-refractivity contribution in [3.63, 3.8) is 0 Å². The number of hydrogen-bond donors (Lipinski definition) is 2. The first-order chi connectivity index (χ1) is 37.1. The maximum Gasteiger partial charge on any atom is 0.260 e. The second-order valence-corrected chi connectivity index (χ2v) is 19.8. The van der Waals surface area contributed by atoms with Crippen molar-refractivity contribution in [2.45, 2.75) is 25.9 Å². The van der Waals surface area contributed by atoms with E-state index >= 15 is 0 Å². The van der Waals surface area contributed by atoms with E-state index in [1.54, 1.807) is 74.9 Å². The smallest absolute Gasteiger partial charge is 0.260 e. The summed E-state index contributed by atoms with van der Waals surface area (Å²) in [5, 5.41) is 8.02. The van der Waals surface area contributed by atoms with Gasteiger partial charge >= 0.3 is 0 Å². The van der Waals surface area contributed by atoms with Gasteiger partial charge < -0.3 is 39.4 Å². The van der Waals surface area contributed by atoms with Crippen LogP contribution in [0.1, 0.15) is 12.8 Å². The molecule has 2 aliphatic rings. The molecule has 418 valence electrons. The molecule has 0 spiro atoms. The number of rotatable bonds is 18. The Kier molecular flexibility index (Phi) is 22.9. The summed E-state index contributed by atoms with van der Waals surface area (Å²) in [7, 11) is 9.38. The predicted molar refractivity (Wildman–Crippen MR) is 328 cm³/mol. The quantitative estimate of drug-likeness (QED) is 0.0612. The van der Waals surface area contributed by atoms with Crippen LogP contribution in [0.15, 0.2) is 69.1 Å². The highest BCUT2D eigenvalue weighted by molar-refractivity contribution is 14.1. The summed E-state index contributed by atoms with van der Waals surface area (Å²) in [5.41, 5.74) is 1.67. The number of piperazine rings is 2. The van der Waals surface area contributed by atoms with Gasteiger partial charge in [0.15, 0.2) is 0 Å². The molecular weight excluding hydrogens is 1320 g/mol. The second kappa shape index (κ2) is 28.8. The van der Waals surface area contributed by atoms with Gasteiger partial charge in [-0.2, -0.15) is 9.97 Å². The molecule has 2 amide bonds. The molecule has 26 heteroatoms. The number of benzene rings is 2. The molecule has 6 heterocycles. The van der Waals surface area contributed by atoms with Gasteiger partial charge in [-0.15, -0.1) is 24.0 Å². The summed E-state index contributed by atoms with van der Waals surface area (Å²) in [6.45, 7) is 11.6. The SMILES string of the molecule is C=CC(=O)N1CCN(CCCn2c(=O)c(-c3c(Cl)c(OC)cc(OC)c3Cl)cc3cnc(NC)nc32)CC1.CNc1ncc2cc(-c3c(Cl)c(OC)cc(OC)c3Cl)c(=O)n(CCCN3CCN(C(=O)/C=C/I)CC3)c2n1.I. The van der Waals surface area contributed by atoms with Crippen LogP contribution in [-0.4, -0.2) is 168 Å². The first kappa shape index (κ1) is 62.0. The number of carbonyl (C=O) groups is 2. The van der Waals surface area contributed by atoms with Crippen molar-refractivity contribution in [3.05, 3.63) is 100 Å². The number of aryl methyl sites for hydroxylation is 2. The maximum absolute atomic E-state index is 14.0. The Morgan fingerprint density at radius 3 is 1.28 bits per heavy atom. The van der Waals surface area contributed by atoms with Crippen LogP contribution in [0, 0.1) is 0 Å². The number of ether oxygens (including phenoxy) is 4. The summed E-state index contributed by atoms with van der Waals surface area (Å²) >= 11 is 28.7. The molecule has 78 heavy (non-hydrogen) atoms. The Morgan fingerprint density at radius 2 is 0.962 bits per heavy atom. The third kappa shape index (κ3) is 13.8. The molecule has 20 nitrogen and oxygen atoms in total. The van der Waals surface area contributed by atoms with E-state index in [0.29, 0.717) is 131 Å². The number of nitrogens with one attached hydrogen (secondary N) is 2. The van der Waals surface area contributed by atoms with Crippen LogP contribution in [0.4, 0.5) is 11.9 Å². The molecule has 0 aliphatic carbocycles. The Morgan fingerprint density at radius 1 is 0.603 bits per heavy atom. The van der Waals surface area contributed by atoms with E-state index in [4.69, 9.17) is 65.4 Å². The van der Waals surface area contributed by atoms with Gasteiger partial charge in [0, 0.05) is 132 Å². The maximum atomic E-state index is 14.0. The number of amides is 2. The van der Waals surface area contributed by atoms with E-state index in [-0.39, 0.29) is 67.0 Å². The predicted octanol–water partition coefficient (Wildman–Crippen LogP) is 8.47. The highest BCUT2D eigenvalue weighted by Crippen LogP contribution is 2.47. The van der Waals surface area contributed by atoms with Crippen LogP contribution >= 0.6 is 93.0 Å². The molecule has 2 aromatic carbocycles. The lowest BCUT2D eigenvalue weighted by Gasteiger charge is -2.34. The van der Waals surface area contributed by atoms with Crippen molar-refractivity contribution < 1.29 is 28.5 Å². The lowest BCUT2D eigenvalue weighted by atomic mass is 10.0. The van der Waals surface area contributed by atoms with Crippen molar-refractivity contribution in [3.8, 4) is 45.3 Å². The molecule has 2 saturated heterocycles. The van der Waals surface area contributed by atoms with Crippen LogP contribution in [-0.2, 0) is 22.7 Å². The zero-order chi connectivity index (χ0) is 55.5. The molecule has 0 radical (unpaired) electrons.